The Morgan fingerprint density at radius 1 is 1.22 bits per heavy atom. The molecular weight excluding hydrogens is 388 g/mol. The van der Waals surface area contributed by atoms with Crippen molar-refractivity contribution < 1.29 is 13.2 Å². The van der Waals surface area contributed by atoms with E-state index in [1.54, 1.807) is 18.2 Å². The van der Waals surface area contributed by atoms with Crippen molar-refractivity contribution in [2.45, 2.75) is 44.2 Å². The van der Waals surface area contributed by atoms with E-state index in [0.29, 0.717) is 23.8 Å². The molecule has 27 heavy (non-hydrogen) atoms. The van der Waals surface area contributed by atoms with E-state index < -0.39 is 10.0 Å². The van der Waals surface area contributed by atoms with Gasteiger partial charge in [-0.05, 0) is 43.5 Å². The summed E-state index contributed by atoms with van der Waals surface area (Å²) in [6.45, 7) is 2.87. The molecule has 9 heteroatoms. The second-order valence-electron chi connectivity index (χ2n) is 6.71. The molecule has 0 bridgehead atoms. The van der Waals surface area contributed by atoms with E-state index in [9.17, 15) is 13.2 Å². The molecule has 0 aliphatic carbocycles. The van der Waals surface area contributed by atoms with E-state index in [4.69, 9.17) is 11.6 Å². The number of carbonyl (C=O) groups excluding carboxylic acids is 1. The molecule has 1 aromatic carbocycles. The van der Waals surface area contributed by atoms with E-state index in [-0.39, 0.29) is 17.5 Å². The molecule has 146 valence electrons. The van der Waals surface area contributed by atoms with Gasteiger partial charge in [0.25, 0.3) is 10.0 Å². The molecule has 1 saturated heterocycles. The highest BCUT2D eigenvalue weighted by Crippen LogP contribution is 2.20. The lowest BCUT2D eigenvalue weighted by molar-refractivity contribution is -0.116. The fourth-order valence-electron chi connectivity index (χ4n) is 3.10. The van der Waals surface area contributed by atoms with Crippen LogP contribution in [-0.2, 0) is 21.4 Å². The van der Waals surface area contributed by atoms with Gasteiger partial charge in [-0.25, -0.2) is 13.4 Å². The lowest BCUT2D eigenvalue weighted by Crippen LogP contribution is -2.32. The van der Waals surface area contributed by atoms with Crippen LogP contribution in [0.3, 0.4) is 0 Å². The minimum Gasteiger partial charge on any atom is -0.327 e. The number of hydrogen-bond donors (Lipinski definition) is 1. The maximum atomic E-state index is 12.7. The number of halogens is 1. The Kier molecular flexibility index (Phi) is 6.18. The topological polar surface area (TPSA) is 84.3 Å². The van der Waals surface area contributed by atoms with E-state index in [0.717, 1.165) is 31.2 Å². The molecule has 0 saturated carbocycles. The number of anilines is 1. The number of rotatable bonds is 5. The summed E-state index contributed by atoms with van der Waals surface area (Å²) in [5.74, 6) is -0.267. The normalized spacial score (nSPS) is 16.1. The maximum Gasteiger partial charge on any atom is 0.262 e. The second kappa shape index (κ2) is 8.41. The zero-order valence-corrected chi connectivity index (χ0v) is 16.8. The van der Waals surface area contributed by atoms with Gasteiger partial charge in [-0.15, -0.1) is 0 Å². The number of carbonyl (C=O) groups is 1. The van der Waals surface area contributed by atoms with Crippen LogP contribution in [0.15, 0.2) is 35.7 Å². The SMILES string of the molecule is Cc1cc(Cl)ccc1NC(=O)Cn1cnc(S(=O)(=O)N2CCCCCC2)c1. The largest absolute Gasteiger partial charge is 0.327 e. The second-order valence-corrected chi connectivity index (χ2v) is 9.03. The molecule has 0 spiro atoms. The van der Waals surface area contributed by atoms with E-state index in [1.165, 1.54) is 21.4 Å². The van der Waals surface area contributed by atoms with Gasteiger partial charge < -0.3 is 9.88 Å². The van der Waals surface area contributed by atoms with Crippen LogP contribution in [0.4, 0.5) is 5.69 Å². The van der Waals surface area contributed by atoms with Crippen LogP contribution in [0.1, 0.15) is 31.2 Å². The van der Waals surface area contributed by atoms with E-state index >= 15 is 0 Å². The molecule has 1 amide bonds. The van der Waals surface area contributed by atoms with Crippen LogP contribution in [-0.4, -0.2) is 41.3 Å². The summed E-state index contributed by atoms with van der Waals surface area (Å²) in [5.41, 5.74) is 1.52. The summed E-state index contributed by atoms with van der Waals surface area (Å²) < 4.78 is 28.5. The molecule has 1 N–H and O–H groups in total. The minimum atomic E-state index is -3.62. The summed E-state index contributed by atoms with van der Waals surface area (Å²) in [6.07, 6.45) is 6.61. The number of aromatic nitrogens is 2. The Balaban J connectivity index is 1.67. The van der Waals surface area contributed by atoms with Gasteiger partial charge in [0.15, 0.2) is 5.03 Å². The number of benzene rings is 1. The number of hydrogen-bond acceptors (Lipinski definition) is 4. The van der Waals surface area contributed by atoms with Crippen LogP contribution < -0.4 is 5.32 Å². The Hall–Kier alpha value is -1.90. The number of nitrogens with zero attached hydrogens (tertiary/aromatic N) is 3. The van der Waals surface area contributed by atoms with E-state index in [2.05, 4.69) is 10.3 Å². The number of imidazole rings is 1. The number of aryl methyl sites for hydroxylation is 1. The Labute approximate surface area is 164 Å². The third-order valence-electron chi connectivity index (χ3n) is 4.57. The fourth-order valence-corrected chi connectivity index (χ4v) is 4.78. The predicted molar refractivity (Wildman–Crippen MR) is 104 cm³/mol. The van der Waals surface area contributed by atoms with Crippen LogP contribution in [0, 0.1) is 6.92 Å². The van der Waals surface area contributed by atoms with Gasteiger partial charge in [0.05, 0.1) is 6.33 Å². The number of nitrogens with one attached hydrogen (secondary N) is 1. The Morgan fingerprint density at radius 2 is 1.93 bits per heavy atom. The van der Waals surface area contributed by atoms with E-state index in [1.807, 2.05) is 6.92 Å². The van der Waals surface area contributed by atoms with Crippen molar-refractivity contribution >= 4 is 33.2 Å². The zero-order valence-electron chi connectivity index (χ0n) is 15.2. The average molecular weight is 411 g/mol. The summed E-state index contributed by atoms with van der Waals surface area (Å²) in [5, 5.41) is 3.39. The monoisotopic (exact) mass is 410 g/mol. The quantitative estimate of drug-likeness (QED) is 0.820. The highest BCUT2D eigenvalue weighted by Gasteiger charge is 2.27. The van der Waals surface area contributed by atoms with Gasteiger partial charge in [0.2, 0.25) is 5.91 Å². The van der Waals surface area contributed by atoms with Gasteiger partial charge in [0.1, 0.15) is 6.54 Å². The first-order chi connectivity index (χ1) is 12.9. The third kappa shape index (κ3) is 4.88. The Bertz CT molecular complexity index is 918. The van der Waals surface area contributed by atoms with Gasteiger partial charge in [-0.3, -0.25) is 4.79 Å². The number of sulfonamides is 1. The van der Waals surface area contributed by atoms with Crippen molar-refractivity contribution in [3.63, 3.8) is 0 Å². The first-order valence-electron chi connectivity index (χ1n) is 8.94. The molecule has 0 atom stereocenters. The standard InChI is InChI=1S/C18H23ClN4O3S/c1-14-10-15(19)6-7-16(14)21-17(24)11-22-12-18(20-13-22)27(25,26)23-8-4-2-3-5-9-23/h6-7,10,12-13H,2-5,8-9,11H2,1H3,(H,21,24). The molecular formula is C18H23ClN4O3S. The van der Waals surface area contributed by atoms with Crippen LogP contribution in [0.5, 0.6) is 0 Å². The summed E-state index contributed by atoms with van der Waals surface area (Å²) >= 11 is 5.92. The zero-order chi connectivity index (χ0) is 19.4. The summed E-state index contributed by atoms with van der Waals surface area (Å²) in [7, 11) is -3.62. The predicted octanol–water partition coefficient (Wildman–Crippen LogP) is 3.05. The summed E-state index contributed by atoms with van der Waals surface area (Å²) in [4.78, 5) is 16.3. The third-order valence-corrected chi connectivity index (χ3v) is 6.59. The molecule has 1 fully saturated rings. The smallest absolute Gasteiger partial charge is 0.262 e. The lowest BCUT2D eigenvalue weighted by Gasteiger charge is -2.18. The van der Waals surface area contributed by atoms with Crippen molar-refractivity contribution in [1.82, 2.24) is 13.9 Å². The maximum absolute atomic E-state index is 12.7. The van der Waals surface area contributed by atoms with Gasteiger partial charge in [-0.2, -0.15) is 4.31 Å². The molecule has 2 heterocycles. The van der Waals surface area contributed by atoms with Crippen molar-refractivity contribution in [2.75, 3.05) is 18.4 Å². The fraction of sp³-hybridized carbons (Fsp3) is 0.444. The molecule has 1 aliphatic rings. The summed E-state index contributed by atoms with van der Waals surface area (Å²) in [6, 6.07) is 5.20. The lowest BCUT2D eigenvalue weighted by atomic mass is 10.2. The highest BCUT2D eigenvalue weighted by atomic mass is 35.5. The van der Waals surface area contributed by atoms with Crippen LogP contribution in [0.25, 0.3) is 0 Å². The molecule has 2 aromatic rings. The number of amides is 1. The van der Waals surface area contributed by atoms with Crippen molar-refractivity contribution in [3.05, 3.63) is 41.3 Å². The first kappa shape index (κ1) is 19.9. The molecule has 0 radical (unpaired) electrons. The molecule has 1 aliphatic heterocycles. The van der Waals surface area contributed by atoms with Crippen molar-refractivity contribution in [1.29, 1.82) is 0 Å². The molecule has 7 nitrogen and oxygen atoms in total. The van der Waals surface area contributed by atoms with Gasteiger partial charge >= 0.3 is 0 Å². The molecule has 0 unspecified atom stereocenters. The van der Waals surface area contributed by atoms with Gasteiger partial charge in [0, 0.05) is 30.0 Å². The van der Waals surface area contributed by atoms with Crippen molar-refractivity contribution in [2.24, 2.45) is 0 Å². The highest BCUT2D eigenvalue weighted by molar-refractivity contribution is 7.89. The van der Waals surface area contributed by atoms with Crippen LogP contribution >= 0.6 is 11.6 Å². The average Bonchev–Trinajstić information content (AvgIpc) is 2.90. The molecule has 3 rings (SSSR count). The van der Waals surface area contributed by atoms with Crippen molar-refractivity contribution in [3.8, 4) is 0 Å². The molecule has 1 aromatic heterocycles. The van der Waals surface area contributed by atoms with Crippen LogP contribution in [0.2, 0.25) is 5.02 Å². The van der Waals surface area contributed by atoms with Gasteiger partial charge in [-0.1, -0.05) is 24.4 Å². The Morgan fingerprint density at radius 3 is 2.59 bits per heavy atom. The first-order valence-corrected chi connectivity index (χ1v) is 10.8. The minimum absolute atomic E-state index is 0.0140.